The maximum Gasteiger partial charge on any atom is 0.246 e. The van der Waals surface area contributed by atoms with Crippen molar-refractivity contribution in [2.45, 2.75) is 33.2 Å². The highest BCUT2D eigenvalue weighted by molar-refractivity contribution is 7.92. The number of nitrogens with zero attached hydrogens (tertiary/aromatic N) is 3. The molecule has 1 unspecified atom stereocenters. The van der Waals surface area contributed by atoms with Gasteiger partial charge in [0, 0.05) is 26.2 Å². The van der Waals surface area contributed by atoms with E-state index in [1.165, 1.54) is 4.31 Å². The van der Waals surface area contributed by atoms with Crippen LogP contribution in [-0.4, -0.2) is 64.8 Å². The van der Waals surface area contributed by atoms with Crippen molar-refractivity contribution < 1.29 is 17.9 Å². The minimum atomic E-state index is -3.65. The van der Waals surface area contributed by atoms with Gasteiger partial charge in [0.1, 0.15) is 11.8 Å². The molecule has 0 spiro atoms. The van der Waals surface area contributed by atoms with Crippen molar-refractivity contribution in [3.05, 3.63) is 53.6 Å². The second-order valence-electron chi connectivity index (χ2n) is 8.24. The predicted octanol–water partition coefficient (Wildman–Crippen LogP) is 3.21. The summed E-state index contributed by atoms with van der Waals surface area (Å²) in [6, 6.07) is 12.6. The largest absolute Gasteiger partial charge is 0.495 e. The Morgan fingerprint density at radius 2 is 1.72 bits per heavy atom. The van der Waals surface area contributed by atoms with E-state index < -0.39 is 16.1 Å². The number of ether oxygens (including phenoxy) is 1. The smallest absolute Gasteiger partial charge is 0.246 e. The third-order valence-corrected chi connectivity index (χ3v) is 7.25. The molecule has 174 valence electrons. The Balaban J connectivity index is 1.80. The predicted molar refractivity (Wildman–Crippen MR) is 129 cm³/mol. The molecule has 2 aromatic rings. The van der Waals surface area contributed by atoms with Gasteiger partial charge in [-0.1, -0.05) is 25.1 Å². The average Bonchev–Trinajstić information content (AvgIpc) is 2.78. The van der Waals surface area contributed by atoms with Crippen LogP contribution in [0.1, 0.15) is 24.5 Å². The highest BCUT2D eigenvalue weighted by Gasteiger charge is 2.35. The van der Waals surface area contributed by atoms with Crippen LogP contribution >= 0.6 is 0 Å². The number of hydrogen-bond acceptors (Lipinski definition) is 5. The lowest BCUT2D eigenvalue weighted by Gasteiger charge is -2.40. The second kappa shape index (κ2) is 9.81. The molecule has 1 atom stereocenters. The van der Waals surface area contributed by atoms with Crippen molar-refractivity contribution in [2.75, 3.05) is 48.7 Å². The summed E-state index contributed by atoms with van der Waals surface area (Å²) in [6.45, 7) is 8.14. The van der Waals surface area contributed by atoms with Gasteiger partial charge in [0.15, 0.2) is 0 Å². The Kier molecular flexibility index (Phi) is 7.33. The maximum absolute atomic E-state index is 13.5. The van der Waals surface area contributed by atoms with E-state index in [0.717, 1.165) is 28.8 Å². The van der Waals surface area contributed by atoms with Crippen LogP contribution in [0.2, 0.25) is 0 Å². The number of sulfonamides is 1. The van der Waals surface area contributed by atoms with Gasteiger partial charge in [-0.25, -0.2) is 8.42 Å². The number of methoxy groups -OCH3 is 1. The van der Waals surface area contributed by atoms with Crippen LogP contribution in [0.5, 0.6) is 5.75 Å². The fourth-order valence-electron chi connectivity index (χ4n) is 4.18. The summed E-state index contributed by atoms with van der Waals surface area (Å²) in [5.74, 6) is 0.646. The minimum Gasteiger partial charge on any atom is -0.495 e. The zero-order valence-corrected chi connectivity index (χ0v) is 20.4. The highest BCUT2D eigenvalue weighted by Crippen LogP contribution is 2.29. The topological polar surface area (TPSA) is 70.2 Å². The van der Waals surface area contributed by atoms with Crippen molar-refractivity contribution in [2.24, 2.45) is 0 Å². The number of carbonyl (C=O) groups excluding carboxylic acids is 1. The second-order valence-corrected chi connectivity index (χ2v) is 10.1. The number of para-hydroxylation sites is 2. The van der Waals surface area contributed by atoms with Gasteiger partial charge in [-0.15, -0.1) is 0 Å². The number of benzene rings is 2. The Hall–Kier alpha value is -2.74. The summed E-state index contributed by atoms with van der Waals surface area (Å²) in [6.07, 6.45) is 1.56. The number of amides is 1. The van der Waals surface area contributed by atoms with Crippen molar-refractivity contribution in [3.8, 4) is 5.75 Å². The normalized spacial score (nSPS) is 15.4. The van der Waals surface area contributed by atoms with Crippen LogP contribution in [-0.2, 0) is 14.8 Å². The molecule has 1 fully saturated rings. The zero-order chi connectivity index (χ0) is 23.5. The molecule has 0 N–H and O–H groups in total. The molecule has 0 saturated carbocycles. The van der Waals surface area contributed by atoms with E-state index >= 15 is 0 Å². The van der Waals surface area contributed by atoms with Crippen LogP contribution in [0, 0.1) is 13.8 Å². The Morgan fingerprint density at radius 3 is 2.28 bits per heavy atom. The highest BCUT2D eigenvalue weighted by atomic mass is 32.2. The molecule has 32 heavy (non-hydrogen) atoms. The first-order valence-electron chi connectivity index (χ1n) is 10.9. The first kappa shape index (κ1) is 23.9. The first-order valence-corrected chi connectivity index (χ1v) is 12.8. The van der Waals surface area contributed by atoms with E-state index in [1.807, 2.05) is 57.2 Å². The fraction of sp³-hybridized carbons (Fsp3) is 0.458. The van der Waals surface area contributed by atoms with Gasteiger partial charge in [-0.05, 0) is 55.7 Å². The van der Waals surface area contributed by atoms with E-state index in [9.17, 15) is 13.2 Å². The summed E-state index contributed by atoms with van der Waals surface area (Å²) in [4.78, 5) is 17.5. The van der Waals surface area contributed by atoms with E-state index in [4.69, 9.17) is 4.74 Å². The number of anilines is 2. The average molecular weight is 460 g/mol. The van der Waals surface area contributed by atoms with Gasteiger partial charge in [0.05, 0.1) is 24.7 Å². The molecule has 1 heterocycles. The molecule has 2 aromatic carbocycles. The lowest BCUT2D eigenvalue weighted by atomic mass is 10.1. The molecule has 0 aromatic heterocycles. The fourth-order valence-corrected chi connectivity index (χ4v) is 5.37. The minimum absolute atomic E-state index is 0.157. The summed E-state index contributed by atoms with van der Waals surface area (Å²) in [5, 5.41) is 0. The number of aryl methyl sites for hydroxylation is 2. The van der Waals surface area contributed by atoms with Crippen LogP contribution in [0.25, 0.3) is 0 Å². The molecule has 0 bridgehead atoms. The standard InChI is InChI=1S/C24H33N3O4S/c1-6-21(27(32(5,29)30)20-12-11-18(2)19(3)17-20)24(28)26-15-13-25(14-16-26)22-9-7-8-10-23(22)31-4/h7-12,17,21H,6,13-16H2,1-5H3. The Labute approximate surface area is 191 Å². The Bertz CT molecular complexity index is 1060. The van der Waals surface area contributed by atoms with Gasteiger partial charge in [-0.3, -0.25) is 9.10 Å². The van der Waals surface area contributed by atoms with Crippen LogP contribution in [0.4, 0.5) is 11.4 Å². The van der Waals surface area contributed by atoms with E-state index in [0.29, 0.717) is 38.3 Å². The molecule has 8 heteroatoms. The van der Waals surface area contributed by atoms with Gasteiger partial charge < -0.3 is 14.5 Å². The van der Waals surface area contributed by atoms with Crippen molar-refractivity contribution in [3.63, 3.8) is 0 Å². The van der Waals surface area contributed by atoms with E-state index in [2.05, 4.69) is 4.90 Å². The molecule has 1 aliphatic heterocycles. The zero-order valence-electron chi connectivity index (χ0n) is 19.5. The monoisotopic (exact) mass is 459 g/mol. The molecule has 1 amide bonds. The van der Waals surface area contributed by atoms with Crippen LogP contribution in [0.3, 0.4) is 0 Å². The molecule has 0 aliphatic carbocycles. The first-order chi connectivity index (χ1) is 15.2. The Morgan fingerprint density at radius 1 is 1.06 bits per heavy atom. The van der Waals surface area contributed by atoms with Gasteiger partial charge in [-0.2, -0.15) is 0 Å². The van der Waals surface area contributed by atoms with E-state index in [-0.39, 0.29) is 5.91 Å². The summed E-state index contributed by atoms with van der Waals surface area (Å²) in [7, 11) is -2.00. The quantitative estimate of drug-likeness (QED) is 0.636. The molecule has 3 rings (SSSR count). The number of carbonyl (C=O) groups is 1. The summed E-state index contributed by atoms with van der Waals surface area (Å²) < 4.78 is 32.3. The van der Waals surface area contributed by atoms with Gasteiger partial charge in [0.25, 0.3) is 0 Å². The number of hydrogen-bond donors (Lipinski definition) is 0. The maximum atomic E-state index is 13.5. The number of rotatable bonds is 7. The molecule has 0 radical (unpaired) electrons. The summed E-state index contributed by atoms with van der Waals surface area (Å²) in [5.41, 5.74) is 3.60. The van der Waals surface area contributed by atoms with Gasteiger partial charge >= 0.3 is 0 Å². The van der Waals surface area contributed by atoms with Crippen LogP contribution < -0.4 is 13.9 Å². The van der Waals surface area contributed by atoms with E-state index in [1.54, 1.807) is 18.1 Å². The molecular formula is C24H33N3O4S. The third-order valence-electron chi connectivity index (χ3n) is 6.07. The summed E-state index contributed by atoms with van der Waals surface area (Å²) >= 11 is 0. The van der Waals surface area contributed by atoms with Crippen LogP contribution in [0.15, 0.2) is 42.5 Å². The van der Waals surface area contributed by atoms with Crippen molar-refractivity contribution in [1.29, 1.82) is 0 Å². The SMILES string of the molecule is CCC(C(=O)N1CCN(c2ccccc2OC)CC1)N(c1ccc(C)c(C)c1)S(C)(=O)=O. The molecule has 1 aliphatic rings. The van der Waals surface area contributed by atoms with Gasteiger partial charge in [0.2, 0.25) is 15.9 Å². The molecule has 1 saturated heterocycles. The third kappa shape index (κ3) is 5.01. The van der Waals surface area contributed by atoms with Crippen molar-refractivity contribution in [1.82, 2.24) is 4.90 Å². The lowest BCUT2D eigenvalue weighted by Crippen LogP contribution is -2.56. The number of piperazine rings is 1. The molecule has 7 nitrogen and oxygen atoms in total. The molecular weight excluding hydrogens is 426 g/mol. The lowest BCUT2D eigenvalue weighted by molar-refractivity contribution is -0.132. The van der Waals surface area contributed by atoms with Crippen molar-refractivity contribution >= 4 is 27.3 Å².